The van der Waals surface area contributed by atoms with Crippen molar-refractivity contribution in [3.05, 3.63) is 48.0 Å². The fourth-order valence-corrected chi connectivity index (χ4v) is 5.81. The van der Waals surface area contributed by atoms with Gasteiger partial charge in [-0.3, -0.25) is 0 Å². The first-order valence-electron chi connectivity index (χ1n) is 12.0. The molecule has 0 spiro atoms. The van der Waals surface area contributed by atoms with Gasteiger partial charge in [0.1, 0.15) is 0 Å². The van der Waals surface area contributed by atoms with E-state index in [-0.39, 0.29) is 0 Å². The van der Waals surface area contributed by atoms with Crippen molar-refractivity contribution in [2.24, 2.45) is 23.7 Å². The minimum absolute atomic E-state index is 0.721. The fraction of sp³-hybridized carbons (Fsp3) is 0.704. The molecule has 0 radical (unpaired) electrons. The largest absolute Gasteiger partial charge is 0.380 e. The molecule has 0 N–H and O–H groups in total. The van der Waals surface area contributed by atoms with Gasteiger partial charge in [0.15, 0.2) is 0 Å². The molecule has 156 valence electrons. The zero-order chi connectivity index (χ0) is 19.6. The van der Waals surface area contributed by atoms with E-state index < -0.39 is 0 Å². The Hall–Kier alpha value is -1.08. The first-order valence-corrected chi connectivity index (χ1v) is 12.0. The van der Waals surface area contributed by atoms with E-state index in [0.717, 1.165) is 30.3 Å². The van der Waals surface area contributed by atoms with Crippen molar-refractivity contribution in [2.45, 2.75) is 90.1 Å². The molecule has 0 unspecified atom stereocenters. The lowest BCUT2D eigenvalue weighted by atomic mass is 9.68. The third-order valence-corrected chi connectivity index (χ3v) is 7.61. The Morgan fingerprint density at radius 2 is 1.39 bits per heavy atom. The third-order valence-electron chi connectivity index (χ3n) is 7.61. The number of unbranched alkanes of at least 4 members (excludes halogenated alkanes) is 1. The van der Waals surface area contributed by atoms with E-state index in [1.807, 2.05) is 0 Å². The van der Waals surface area contributed by atoms with Crippen LogP contribution in [0.2, 0.25) is 0 Å². The SMILES string of the molecule is C=CC[C@H]1CC[C@H](C2CCC(CCCCc3ccc(COC)cc3)CC2)CC1. The van der Waals surface area contributed by atoms with Gasteiger partial charge in [-0.05, 0) is 92.6 Å². The van der Waals surface area contributed by atoms with Crippen molar-refractivity contribution in [1.82, 2.24) is 0 Å². The highest BCUT2D eigenvalue weighted by Gasteiger charge is 2.30. The smallest absolute Gasteiger partial charge is 0.0713 e. The van der Waals surface area contributed by atoms with Crippen LogP contribution >= 0.6 is 0 Å². The molecule has 1 heteroatoms. The lowest BCUT2D eigenvalue weighted by Crippen LogP contribution is -2.25. The summed E-state index contributed by atoms with van der Waals surface area (Å²) in [5, 5.41) is 0. The maximum atomic E-state index is 5.19. The summed E-state index contributed by atoms with van der Waals surface area (Å²) < 4.78 is 5.19. The van der Waals surface area contributed by atoms with Crippen LogP contribution in [0, 0.1) is 23.7 Å². The van der Waals surface area contributed by atoms with Crippen LogP contribution in [0.1, 0.15) is 88.2 Å². The molecule has 28 heavy (non-hydrogen) atoms. The van der Waals surface area contributed by atoms with E-state index in [2.05, 4.69) is 36.9 Å². The molecule has 2 aliphatic carbocycles. The Morgan fingerprint density at radius 1 is 0.821 bits per heavy atom. The zero-order valence-electron chi connectivity index (χ0n) is 18.2. The maximum Gasteiger partial charge on any atom is 0.0713 e. The molecule has 0 atom stereocenters. The molecule has 0 aromatic heterocycles. The second kappa shape index (κ2) is 11.8. The van der Waals surface area contributed by atoms with Crippen LogP contribution in [0.3, 0.4) is 0 Å². The monoisotopic (exact) mass is 382 g/mol. The van der Waals surface area contributed by atoms with Crippen molar-refractivity contribution < 1.29 is 4.74 Å². The van der Waals surface area contributed by atoms with Gasteiger partial charge in [-0.2, -0.15) is 0 Å². The molecule has 0 saturated heterocycles. The van der Waals surface area contributed by atoms with E-state index in [1.54, 1.807) is 7.11 Å². The first kappa shape index (κ1) is 21.6. The Bertz CT molecular complexity index is 544. The van der Waals surface area contributed by atoms with Crippen LogP contribution in [0.15, 0.2) is 36.9 Å². The summed E-state index contributed by atoms with van der Waals surface area (Å²) in [5.41, 5.74) is 2.76. The number of methoxy groups -OCH3 is 1. The van der Waals surface area contributed by atoms with Crippen molar-refractivity contribution in [1.29, 1.82) is 0 Å². The van der Waals surface area contributed by atoms with Crippen LogP contribution < -0.4 is 0 Å². The molecule has 0 heterocycles. The molecule has 2 aliphatic rings. The molecule has 1 aromatic carbocycles. The Labute approximate surface area is 174 Å². The van der Waals surface area contributed by atoms with Crippen molar-refractivity contribution >= 4 is 0 Å². The van der Waals surface area contributed by atoms with E-state index in [1.165, 1.54) is 94.6 Å². The van der Waals surface area contributed by atoms with Crippen LogP contribution in [0.25, 0.3) is 0 Å². The summed E-state index contributed by atoms with van der Waals surface area (Å²) in [6, 6.07) is 8.99. The molecule has 2 saturated carbocycles. The Balaban J connectivity index is 1.27. The zero-order valence-corrected chi connectivity index (χ0v) is 18.2. The molecule has 1 nitrogen and oxygen atoms in total. The van der Waals surface area contributed by atoms with Gasteiger partial charge in [-0.1, -0.05) is 56.0 Å². The Morgan fingerprint density at radius 3 is 1.96 bits per heavy atom. The molecule has 3 rings (SSSR count). The van der Waals surface area contributed by atoms with Crippen molar-refractivity contribution in [2.75, 3.05) is 7.11 Å². The summed E-state index contributed by atoms with van der Waals surface area (Å²) in [7, 11) is 1.76. The van der Waals surface area contributed by atoms with Gasteiger partial charge < -0.3 is 4.74 Å². The van der Waals surface area contributed by atoms with Gasteiger partial charge in [0, 0.05) is 7.11 Å². The summed E-state index contributed by atoms with van der Waals surface area (Å²) in [5.74, 6) is 4.05. The minimum atomic E-state index is 0.721. The highest BCUT2D eigenvalue weighted by molar-refractivity contribution is 5.22. The summed E-state index contributed by atoms with van der Waals surface area (Å²) in [6.07, 6.45) is 20.8. The number of rotatable bonds is 10. The number of hydrogen-bond acceptors (Lipinski definition) is 1. The van der Waals surface area contributed by atoms with Gasteiger partial charge in [-0.15, -0.1) is 6.58 Å². The standard InChI is InChI=1S/C27H42O/c1-3-6-22-13-17-26(18-14-22)27-19-15-24(16-20-27)8-5-4-7-23-9-11-25(12-10-23)21-28-2/h3,9-12,22,24,26-27H,1,4-8,13-21H2,2H3/t22-,24?,26-,27?. The van der Waals surface area contributed by atoms with E-state index >= 15 is 0 Å². The second-order valence-electron chi connectivity index (χ2n) is 9.58. The van der Waals surface area contributed by atoms with Crippen LogP contribution in [-0.2, 0) is 17.8 Å². The molecule has 0 amide bonds. The summed E-state index contributed by atoms with van der Waals surface area (Å²) >= 11 is 0. The fourth-order valence-electron chi connectivity index (χ4n) is 5.81. The molecular formula is C27H42O. The molecule has 1 aromatic rings. The summed E-state index contributed by atoms with van der Waals surface area (Å²) in [4.78, 5) is 0. The van der Waals surface area contributed by atoms with Crippen LogP contribution in [0.4, 0.5) is 0 Å². The summed E-state index contributed by atoms with van der Waals surface area (Å²) in [6.45, 7) is 4.65. The number of ether oxygens (including phenoxy) is 1. The van der Waals surface area contributed by atoms with E-state index in [9.17, 15) is 0 Å². The quantitative estimate of drug-likeness (QED) is 0.297. The lowest BCUT2D eigenvalue weighted by Gasteiger charge is -2.37. The van der Waals surface area contributed by atoms with Crippen molar-refractivity contribution in [3.8, 4) is 0 Å². The van der Waals surface area contributed by atoms with Crippen LogP contribution in [-0.4, -0.2) is 7.11 Å². The van der Waals surface area contributed by atoms with Gasteiger partial charge in [0.05, 0.1) is 6.61 Å². The second-order valence-corrected chi connectivity index (χ2v) is 9.58. The molecular weight excluding hydrogens is 340 g/mol. The third kappa shape index (κ3) is 6.76. The molecule has 0 bridgehead atoms. The Kier molecular flexibility index (Phi) is 9.12. The predicted molar refractivity (Wildman–Crippen MR) is 120 cm³/mol. The van der Waals surface area contributed by atoms with Gasteiger partial charge in [0.25, 0.3) is 0 Å². The normalized spacial score (nSPS) is 28.2. The number of benzene rings is 1. The number of aryl methyl sites for hydroxylation is 1. The molecule has 0 aliphatic heterocycles. The highest BCUT2D eigenvalue weighted by atomic mass is 16.5. The first-order chi connectivity index (χ1) is 13.8. The van der Waals surface area contributed by atoms with E-state index in [4.69, 9.17) is 4.74 Å². The van der Waals surface area contributed by atoms with Gasteiger partial charge >= 0.3 is 0 Å². The lowest BCUT2D eigenvalue weighted by molar-refractivity contribution is 0.143. The van der Waals surface area contributed by atoms with Gasteiger partial charge in [-0.25, -0.2) is 0 Å². The van der Waals surface area contributed by atoms with Crippen molar-refractivity contribution in [3.63, 3.8) is 0 Å². The number of hydrogen-bond donors (Lipinski definition) is 0. The highest BCUT2D eigenvalue weighted by Crippen LogP contribution is 2.42. The predicted octanol–water partition coefficient (Wildman–Crippen LogP) is 7.73. The van der Waals surface area contributed by atoms with Crippen LogP contribution in [0.5, 0.6) is 0 Å². The van der Waals surface area contributed by atoms with Gasteiger partial charge in [0.2, 0.25) is 0 Å². The molecule has 2 fully saturated rings. The average molecular weight is 383 g/mol. The number of allylic oxidation sites excluding steroid dienone is 1. The maximum absolute atomic E-state index is 5.19. The topological polar surface area (TPSA) is 9.23 Å². The minimum Gasteiger partial charge on any atom is -0.380 e. The average Bonchev–Trinajstić information content (AvgIpc) is 2.74. The van der Waals surface area contributed by atoms with E-state index in [0.29, 0.717) is 0 Å².